The van der Waals surface area contributed by atoms with E-state index >= 15 is 0 Å². The number of alkyl halides is 3. The molecular formula is C12H13F3N2O5. The lowest BCUT2D eigenvalue weighted by Crippen LogP contribution is -2.55. The number of benzene rings is 1. The zero-order valence-electron chi connectivity index (χ0n) is 11.1. The Labute approximate surface area is 122 Å². The fourth-order valence-electron chi connectivity index (χ4n) is 1.88. The van der Waals surface area contributed by atoms with E-state index < -0.39 is 30.0 Å². The van der Waals surface area contributed by atoms with Crippen LogP contribution in [-0.4, -0.2) is 46.0 Å². The number of hydrogen-bond donors (Lipinski definition) is 3. The molecule has 22 heavy (non-hydrogen) atoms. The van der Waals surface area contributed by atoms with E-state index in [0.717, 1.165) is 17.0 Å². The van der Waals surface area contributed by atoms with Crippen molar-refractivity contribution < 1.29 is 37.8 Å². The molecule has 1 amide bonds. The van der Waals surface area contributed by atoms with Gasteiger partial charge in [-0.2, -0.15) is 0 Å². The van der Waals surface area contributed by atoms with Gasteiger partial charge in [0.05, 0.1) is 0 Å². The molecule has 1 saturated heterocycles. The summed E-state index contributed by atoms with van der Waals surface area (Å²) in [5.41, 5.74) is -0.0438. The van der Waals surface area contributed by atoms with E-state index in [0.29, 0.717) is 6.42 Å². The molecular weight excluding hydrogens is 309 g/mol. The summed E-state index contributed by atoms with van der Waals surface area (Å²) in [7, 11) is 0. The minimum absolute atomic E-state index is 0.0438. The topological polar surface area (TPSA) is 113 Å². The third-order valence-corrected chi connectivity index (χ3v) is 2.88. The molecule has 1 aliphatic rings. The number of nitrogens with zero attached hydrogens (tertiary/aromatic N) is 1. The zero-order chi connectivity index (χ0) is 16.9. The third-order valence-electron chi connectivity index (χ3n) is 2.88. The van der Waals surface area contributed by atoms with Gasteiger partial charge >= 0.3 is 12.3 Å². The van der Waals surface area contributed by atoms with Gasteiger partial charge in [0.15, 0.2) is 0 Å². The molecule has 1 aliphatic heterocycles. The monoisotopic (exact) mass is 322 g/mol. The molecule has 2 rings (SSSR count). The first-order valence-electron chi connectivity index (χ1n) is 5.93. The van der Waals surface area contributed by atoms with Gasteiger partial charge in [-0.25, -0.2) is 10.7 Å². The molecule has 0 bridgehead atoms. The van der Waals surface area contributed by atoms with Gasteiger partial charge in [0.2, 0.25) is 0 Å². The van der Waals surface area contributed by atoms with Crippen LogP contribution in [-0.2, 0) is 4.79 Å². The highest BCUT2D eigenvalue weighted by Crippen LogP contribution is 2.26. The molecule has 1 aromatic carbocycles. The van der Waals surface area contributed by atoms with Crippen molar-refractivity contribution in [2.24, 2.45) is 5.90 Å². The molecule has 0 saturated carbocycles. The number of carboxylic acids is 1. The number of nitrogens with two attached hydrogens (primary N) is 1. The number of carboxylic acid groups (broad SMARTS) is 1. The number of carbonyl (C=O) groups is 2. The Morgan fingerprint density at radius 3 is 2.41 bits per heavy atom. The number of halogens is 3. The van der Waals surface area contributed by atoms with E-state index in [2.05, 4.69) is 10.6 Å². The van der Waals surface area contributed by atoms with E-state index in [-0.39, 0.29) is 12.1 Å². The largest absolute Gasteiger partial charge is 0.573 e. The first-order valence-corrected chi connectivity index (χ1v) is 5.93. The highest BCUT2D eigenvalue weighted by Gasteiger charge is 2.38. The SMILES string of the molecule is NO.O=C(O)C1CCN1C(=O)c1cccc(OC(F)(F)F)c1. The number of amides is 1. The summed E-state index contributed by atoms with van der Waals surface area (Å²) in [5.74, 6) is 1.22. The van der Waals surface area contributed by atoms with Crippen LogP contribution in [0.5, 0.6) is 5.75 Å². The van der Waals surface area contributed by atoms with Crippen molar-refractivity contribution in [3.63, 3.8) is 0 Å². The molecule has 1 unspecified atom stereocenters. The number of ether oxygens (including phenoxy) is 1. The second-order valence-corrected chi connectivity index (χ2v) is 4.22. The minimum Gasteiger partial charge on any atom is -0.480 e. The fourth-order valence-corrected chi connectivity index (χ4v) is 1.88. The van der Waals surface area contributed by atoms with Crippen molar-refractivity contribution >= 4 is 11.9 Å². The van der Waals surface area contributed by atoms with Gasteiger partial charge < -0.3 is 20.0 Å². The van der Waals surface area contributed by atoms with Gasteiger partial charge in [-0.05, 0) is 24.6 Å². The molecule has 1 aromatic rings. The van der Waals surface area contributed by atoms with Crippen LogP contribution in [0.3, 0.4) is 0 Å². The van der Waals surface area contributed by atoms with Gasteiger partial charge in [-0.1, -0.05) is 6.07 Å². The van der Waals surface area contributed by atoms with Crippen molar-refractivity contribution in [1.29, 1.82) is 0 Å². The molecule has 1 fully saturated rings. The second-order valence-electron chi connectivity index (χ2n) is 4.22. The van der Waals surface area contributed by atoms with Crippen LogP contribution < -0.4 is 10.6 Å². The standard InChI is InChI=1S/C12H10F3NO4.H3NO/c13-12(14,15)20-8-3-1-2-7(6-8)10(17)16-5-4-9(16)11(18)19;1-2/h1-3,6,9H,4-5H2,(H,18,19);2H,1H2. The molecule has 0 aliphatic carbocycles. The van der Waals surface area contributed by atoms with Crippen LogP contribution in [0.2, 0.25) is 0 Å². The van der Waals surface area contributed by atoms with Gasteiger partial charge in [-0.3, -0.25) is 4.79 Å². The van der Waals surface area contributed by atoms with Crippen molar-refractivity contribution in [1.82, 2.24) is 4.90 Å². The summed E-state index contributed by atoms with van der Waals surface area (Å²) < 4.78 is 40.0. The quantitative estimate of drug-likeness (QED) is 0.721. The van der Waals surface area contributed by atoms with Gasteiger partial charge in [-0.15, -0.1) is 13.2 Å². The Morgan fingerprint density at radius 2 is 1.95 bits per heavy atom. The molecule has 0 spiro atoms. The van der Waals surface area contributed by atoms with Crippen LogP contribution in [0.25, 0.3) is 0 Å². The molecule has 1 atom stereocenters. The molecule has 1 heterocycles. The number of rotatable bonds is 3. The van der Waals surface area contributed by atoms with Crippen molar-refractivity contribution in [3.05, 3.63) is 29.8 Å². The highest BCUT2D eigenvalue weighted by atomic mass is 19.4. The van der Waals surface area contributed by atoms with Crippen LogP contribution in [0.15, 0.2) is 24.3 Å². The number of carbonyl (C=O) groups excluding carboxylic acids is 1. The lowest BCUT2D eigenvalue weighted by Gasteiger charge is -2.37. The van der Waals surface area contributed by atoms with Crippen molar-refractivity contribution in [2.75, 3.05) is 6.54 Å². The second kappa shape index (κ2) is 7.09. The number of likely N-dealkylation sites (tertiary alicyclic amines) is 1. The summed E-state index contributed by atoms with van der Waals surface area (Å²) in [6, 6.07) is 3.63. The normalized spacial score (nSPS) is 17.0. The first kappa shape index (κ1) is 17.7. The van der Waals surface area contributed by atoms with Crippen LogP contribution in [0, 0.1) is 0 Å². The average Bonchev–Trinajstić information content (AvgIpc) is 2.37. The maximum absolute atomic E-state index is 12.1. The van der Waals surface area contributed by atoms with Crippen molar-refractivity contribution in [3.8, 4) is 5.75 Å². The van der Waals surface area contributed by atoms with Gasteiger partial charge in [0.1, 0.15) is 11.8 Å². The number of aliphatic carboxylic acids is 1. The summed E-state index contributed by atoms with van der Waals surface area (Å²) in [5, 5.41) is 15.3. The Kier molecular flexibility index (Phi) is 5.71. The van der Waals surface area contributed by atoms with E-state index in [1.807, 2.05) is 0 Å². The molecule has 7 nitrogen and oxygen atoms in total. The van der Waals surface area contributed by atoms with Crippen LogP contribution in [0.4, 0.5) is 13.2 Å². The molecule has 4 N–H and O–H groups in total. The zero-order valence-corrected chi connectivity index (χ0v) is 11.1. The van der Waals surface area contributed by atoms with E-state index in [1.165, 1.54) is 12.1 Å². The molecule has 122 valence electrons. The van der Waals surface area contributed by atoms with Gasteiger partial charge in [0, 0.05) is 12.1 Å². The number of hydrogen-bond acceptors (Lipinski definition) is 5. The third kappa shape index (κ3) is 4.33. The lowest BCUT2D eigenvalue weighted by molar-refractivity contribution is -0.274. The smallest absolute Gasteiger partial charge is 0.480 e. The van der Waals surface area contributed by atoms with Crippen molar-refractivity contribution in [2.45, 2.75) is 18.8 Å². The fraction of sp³-hybridized carbons (Fsp3) is 0.333. The molecule has 0 aromatic heterocycles. The maximum Gasteiger partial charge on any atom is 0.573 e. The molecule has 10 heteroatoms. The predicted octanol–water partition coefficient (Wildman–Crippen LogP) is 1.22. The Balaban J connectivity index is 0.00000116. The summed E-state index contributed by atoms with van der Waals surface area (Å²) in [4.78, 5) is 23.9. The highest BCUT2D eigenvalue weighted by molar-refractivity contribution is 5.97. The Morgan fingerprint density at radius 1 is 1.32 bits per heavy atom. The van der Waals surface area contributed by atoms with Crippen LogP contribution >= 0.6 is 0 Å². The summed E-state index contributed by atoms with van der Waals surface area (Å²) in [6.45, 7) is 0.264. The van der Waals surface area contributed by atoms with Gasteiger partial charge in [0.25, 0.3) is 5.91 Å². The predicted molar refractivity (Wildman–Crippen MR) is 66.2 cm³/mol. The summed E-state index contributed by atoms with van der Waals surface area (Å²) >= 11 is 0. The summed E-state index contributed by atoms with van der Waals surface area (Å²) in [6.07, 6.45) is -4.51. The maximum atomic E-state index is 12.1. The first-order chi connectivity index (χ1) is 10.3. The van der Waals surface area contributed by atoms with E-state index in [4.69, 9.17) is 10.3 Å². The van der Waals surface area contributed by atoms with Crippen LogP contribution in [0.1, 0.15) is 16.8 Å². The van der Waals surface area contributed by atoms with E-state index in [1.54, 1.807) is 0 Å². The Hall–Kier alpha value is -2.33. The lowest BCUT2D eigenvalue weighted by atomic mass is 10.0. The average molecular weight is 322 g/mol. The van der Waals surface area contributed by atoms with E-state index in [9.17, 15) is 22.8 Å². The Bertz CT molecular complexity index is 550. The minimum atomic E-state index is -4.85. The molecule has 0 radical (unpaired) electrons.